The van der Waals surface area contributed by atoms with Gasteiger partial charge in [0.15, 0.2) is 5.82 Å². The van der Waals surface area contributed by atoms with Gasteiger partial charge in [0.2, 0.25) is 0 Å². The molecule has 1 heterocycles. The number of benzene rings is 1. The highest BCUT2D eigenvalue weighted by atomic mass is 16.3. The number of tetrazole rings is 1. The van der Waals surface area contributed by atoms with Gasteiger partial charge in [-0.2, -0.15) is 4.68 Å². The van der Waals surface area contributed by atoms with E-state index in [1.165, 1.54) is 10.2 Å². The molecule has 2 rings (SSSR count). The average Bonchev–Trinajstić information content (AvgIpc) is 2.76. The summed E-state index contributed by atoms with van der Waals surface area (Å²) in [5.41, 5.74) is 2.23. The van der Waals surface area contributed by atoms with Gasteiger partial charge < -0.3 is 5.11 Å². The maximum Gasteiger partial charge on any atom is 0.182 e. The van der Waals surface area contributed by atoms with Gasteiger partial charge in [-0.25, -0.2) is 0 Å². The van der Waals surface area contributed by atoms with Crippen molar-refractivity contribution in [1.82, 2.24) is 20.2 Å². The van der Waals surface area contributed by atoms with Crippen molar-refractivity contribution in [3.8, 4) is 5.69 Å². The normalized spacial score (nSPS) is 11.8. The lowest BCUT2D eigenvalue weighted by molar-refractivity contribution is 0.268. The van der Waals surface area contributed by atoms with Gasteiger partial charge in [0.05, 0.1) is 5.69 Å². The third kappa shape index (κ3) is 2.34. The Morgan fingerprint density at radius 1 is 1.18 bits per heavy atom. The molecule has 0 atom stereocenters. The van der Waals surface area contributed by atoms with Crippen LogP contribution in [0.3, 0.4) is 0 Å². The second-order valence-electron chi connectivity index (χ2n) is 4.96. The van der Waals surface area contributed by atoms with Crippen LogP contribution < -0.4 is 0 Å². The van der Waals surface area contributed by atoms with Crippen LogP contribution in [0.25, 0.3) is 5.69 Å². The van der Waals surface area contributed by atoms with E-state index in [-0.39, 0.29) is 12.0 Å². The number of rotatable bonds is 2. The summed E-state index contributed by atoms with van der Waals surface area (Å²) >= 11 is 0. The van der Waals surface area contributed by atoms with E-state index in [2.05, 4.69) is 48.4 Å². The minimum Gasteiger partial charge on any atom is -0.388 e. The highest BCUT2D eigenvalue weighted by Gasteiger charge is 2.14. The summed E-state index contributed by atoms with van der Waals surface area (Å²) < 4.78 is 1.53. The molecule has 5 heteroatoms. The summed E-state index contributed by atoms with van der Waals surface area (Å²) in [4.78, 5) is 0. The van der Waals surface area contributed by atoms with Crippen molar-refractivity contribution in [1.29, 1.82) is 0 Å². The van der Waals surface area contributed by atoms with E-state index in [0.717, 1.165) is 5.69 Å². The summed E-state index contributed by atoms with van der Waals surface area (Å²) in [6.07, 6.45) is 0. The Labute approximate surface area is 100 Å². The second kappa shape index (κ2) is 4.25. The number of aliphatic hydroxyl groups excluding tert-OH is 1. The van der Waals surface area contributed by atoms with Crippen LogP contribution in [0.5, 0.6) is 0 Å². The smallest absolute Gasteiger partial charge is 0.182 e. The van der Waals surface area contributed by atoms with Gasteiger partial charge in [-0.15, -0.1) is 5.10 Å². The minimum absolute atomic E-state index is 0.124. The molecule has 90 valence electrons. The van der Waals surface area contributed by atoms with Gasteiger partial charge in [-0.3, -0.25) is 0 Å². The molecule has 0 radical (unpaired) electrons. The molecule has 1 N–H and O–H groups in total. The molecule has 0 unspecified atom stereocenters. The Morgan fingerprint density at radius 3 is 2.35 bits per heavy atom. The van der Waals surface area contributed by atoms with Crippen molar-refractivity contribution in [2.24, 2.45) is 0 Å². The lowest BCUT2D eigenvalue weighted by Crippen LogP contribution is -2.11. The molecule has 17 heavy (non-hydrogen) atoms. The topological polar surface area (TPSA) is 63.8 Å². The van der Waals surface area contributed by atoms with E-state index in [1.807, 2.05) is 12.1 Å². The zero-order valence-electron chi connectivity index (χ0n) is 10.3. The van der Waals surface area contributed by atoms with Crippen LogP contribution in [0.15, 0.2) is 24.3 Å². The molecule has 0 saturated carbocycles. The van der Waals surface area contributed by atoms with Crippen molar-refractivity contribution >= 4 is 0 Å². The van der Waals surface area contributed by atoms with Gasteiger partial charge in [0.25, 0.3) is 0 Å². The fourth-order valence-electron chi connectivity index (χ4n) is 1.61. The van der Waals surface area contributed by atoms with Gasteiger partial charge in [-0.05, 0) is 33.5 Å². The molecule has 0 fully saturated rings. The Morgan fingerprint density at radius 2 is 1.82 bits per heavy atom. The monoisotopic (exact) mass is 232 g/mol. The van der Waals surface area contributed by atoms with E-state index in [1.54, 1.807) is 0 Å². The first kappa shape index (κ1) is 11.7. The van der Waals surface area contributed by atoms with Crippen molar-refractivity contribution < 1.29 is 5.11 Å². The Balaban J connectivity index is 2.36. The predicted octanol–water partition coefficient (Wildman–Crippen LogP) is 1.45. The molecule has 0 aliphatic rings. The first-order valence-electron chi connectivity index (χ1n) is 5.51. The van der Waals surface area contributed by atoms with Gasteiger partial charge >= 0.3 is 0 Å². The minimum atomic E-state index is -0.173. The third-order valence-corrected chi connectivity index (χ3v) is 2.65. The van der Waals surface area contributed by atoms with Crippen LogP contribution >= 0.6 is 0 Å². The number of hydrogen-bond acceptors (Lipinski definition) is 4. The molecule has 0 amide bonds. The lowest BCUT2D eigenvalue weighted by Gasteiger charge is -2.19. The maximum absolute atomic E-state index is 9.09. The summed E-state index contributed by atoms with van der Waals surface area (Å²) in [7, 11) is 0. The van der Waals surface area contributed by atoms with E-state index in [9.17, 15) is 0 Å². The molecule has 0 aliphatic heterocycles. The first-order chi connectivity index (χ1) is 8.02. The first-order valence-corrected chi connectivity index (χ1v) is 5.51. The van der Waals surface area contributed by atoms with Gasteiger partial charge in [-0.1, -0.05) is 32.9 Å². The van der Waals surface area contributed by atoms with Crippen molar-refractivity contribution in [3.05, 3.63) is 35.7 Å². The van der Waals surface area contributed by atoms with Crippen LogP contribution in [0.2, 0.25) is 0 Å². The summed E-state index contributed by atoms with van der Waals surface area (Å²) in [5, 5.41) is 20.2. The van der Waals surface area contributed by atoms with Gasteiger partial charge in [0.1, 0.15) is 6.61 Å². The van der Waals surface area contributed by atoms with Crippen LogP contribution in [0, 0.1) is 0 Å². The predicted molar refractivity (Wildman–Crippen MR) is 63.8 cm³/mol. The van der Waals surface area contributed by atoms with Crippen LogP contribution in [0.1, 0.15) is 32.2 Å². The van der Waals surface area contributed by atoms with E-state index < -0.39 is 0 Å². The van der Waals surface area contributed by atoms with E-state index in [0.29, 0.717) is 5.82 Å². The van der Waals surface area contributed by atoms with Crippen molar-refractivity contribution in [2.75, 3.05) is 0 Å². The summed E-state index contributed by atoms with van der Waals surface area (Å²) in [6.45, 7) is 6.32. The highest BCUT2D eigenvalue weighted by Crippen LogP contribution is 2.23. The summed E-state index contributed by atoms with van der Waals surface area (Å²) in [5.74, 6) is 0.438. The Bertz CT molecular complexity index is 496. The highest BCUT2D eigenvalue weighted by molar-refractivity contribution is 5.36. The number of aliphatic hydroxyl groups is 1. The second-order valence-corrected chi connectivity index (χ2v) is 4.96. The molecular weight excluding hydrogens is 216 g/mol. The fraction of sp³-hybridized carbons (Fsp3) is 0.417. The van der Waals surface area contributed by atoms with E-state index >= 15 is 0 Å². The Hall–Kier alpha value is -1.75. The molecule has 0 bridgehead atoms. The zero-order chi connectivity index (χ0) is 12.5. The lowest BCUT2D eigenvalue weighted by atomic mass is 9.87. The number of hydrogen-bond donors (Lipinski definition) is 1. The largest absolute Gasteiger partial charge is 0.388 e. The Kier molecular flexibility index (Phi) is 2.93. The van der Waals surface area contributed by atoms with Crippen LogP contribution in [0.4, 0.5) is 0 Å². The molecule has 1 aromatic heterocycles. The average molecular weight is 232 g/mol. The quantitative estimate of drug-likeness (QED) is 0.851. The van der Waals surface area contributed by atoms with Crippen LogP contribution in [-0.4, -0.2) is 25.3 Å². The molecule has 2 aromatic rings. The molecule has 0 spiro atoms. The number of aromatic nitrogens is 4. The zero-order valence-corrected chi connectivity index (χ0v) is 10.3. The SMILES string of the molecule is CC(C)(C)c1ccc(-n2nnnc2CO)cc1. The standard InChI is InChI=1S/C12H16N4O/c1-12(2,3)9-4-6-10(7-5-9)16-11(8-17)13-14-15-16/h4-7,17H,8H2,1-3H3. The summed E-state index contributed by atoms with van der Waals surface area (Å²) in [6, 6.07) is 8.02. The molecule has 0 saturated heterocycles. The van der Waals surface area contributed by atoms with Crippen molar-refractivity contribution in [3.63, 3.8) is 0 Å². The number of nitrogens with zero attached hydrogens (tertiary/aromatic N) is 4. The molecular formula is C12H16N4O. The fourth-order valence-corrected chi connectivity index (χ4v) is 1.61. The maximum atomic E-state index is 9.09. The van der Waals surface area contributed by atoms with Crippen molar-refractivity contribution in [2.45, 2.75) is 32.8 Å². The molecule has 1 aromatic carbocycles. The van der Waals surface area contributed by atoms with Crippen LogP contribution in [-0.2, 0) is 12.0 Å². The van der Waals surface area contributed by atoms with Gasteiger partial charge in [0, 0.05) is 0 Å². The molecule has 0 aliphatic carbocycles. The van der Waals surface area contributed by atoms with E-state index in [4.69, 9.17) is 5.11 Å². The molecule has 5 nitrogen and oxygen atoms in total. The third-order valence-electron chi connectivity index (χ3n) is 2.65.